The molecule has 1 aliphatic carbocycles. The van der Waals surface area contributed by atoms with Gasteiger partial charge in [-0.2, -0.15) is 9.97 Å². The van der Waals surface area contributed by atoms with Gasteiger partial charge in [0, 0.05) is 43.7 Å². The van der Waals surface area contributed by atoms with E-state index in [2.05, 4.69) is 33.4 Å². The van der Waals surface area contributed by atoms with Crippen LogP contribution < -0.4 is 20.4 Å². The normalized spacial score (nSPS) is 21.9. The smallest absolute Gasteiger partial charge is 0.232 e. The highest BCUT2D eigenvalue weighted by Crippen LogP contribution is 2.39. The van der Waals surface area contributed by atoms with Crippen molar-refractivity contribution >= 4 is 34.9 Å². The van der Waals surface area contributed by atoms with Gasteiger partial charge in [-0.05, 0) is 88.2 Å². The molecular weight excluding hydrogens is 483 g/mol. The minimum absolute atomic E-state index is 0.0391. The molecule has 8 heteroatoms. The van der Waals surface area contributed by atoms with Crippen LogP contribution in [0.5, 0.6) is 0 Å². The summed E-state index contributed by atoms with van der Waals surface area (Å²) in [6.45, 7) is 6.11. The first-order chi connectivity index (χ1) is 18.0. The Morgan fingerprint density at radius 3 is 2.35 bits per heavy atom. The van der Waals surface area contributed by atoms with E-state index in [0.717, 1.165) is 44.1 Å². The van der Waals surface area contributed by atoms with E-state index in [4.69, 9.17) is 22.2 Å². The number of nitrogens with zero attached hydrogens (tertiary/aromatic N) is 4. The van der Waals surface area contributed by atoms with Crippen molar-refractivity contribution in [3.8, 4) is 0 Å². The Bertz CT molecular complexity index is 1050. The maximum atomic E-state index is 13.6. The lowest BCUT2D eigenvalue weighted by Gasteiger charge is -2.38. The highest BCUT2D eigenvalue weighted by molar-refractivity contribution is 7.80. The second-order valence-electron chi connectivity index (χ2n) is 11.1. The van der Waals surface area contributed by atoms with Crippen LogP contribution in [0, 0.1) is 5.82 Å². The maximum Gasteiger partial charge on any atom is 0.232 e. The molecular formula is C29H41FN6S. The molecule has 200 valence electrons. The predicted molar refractivity (Wildman–Crippen MR) is 154 cm³/mol. The number of anilines is 3. The summed E-state index contributed by atoms with van der Waals surface area (Å²) >= 11 is 5.76. The van der Waals surface area contributed by atoms with Crippen LogP contribution in [0.2, 0.25) is 0 Å². The first kappa shape index (κ1) is 26.1. The highest BCUT2D eigenvalue weighted by atomic mass is 32.1. The van der Waals surface area contributed by atoms with E-state index in [-0.39, 0.29) is 11.2 Å². The first-order valence-electron chi connectivity index (χ1n) is 14.2. The molecule has 0 amide bonds. The lowest BCUT2D eigenvalue weighted by Crippen LogP contribution is -2.44. The van der Waals surface area contributed by atoms with Crippen molar-refractivity contribution in [2.75, 3.05) is 41.3 Å². The van der Waals surface area contributed by atoms with Crippen molar-refractivity contribution in [3.63, 3.8) is 0 Å². The Balaban J connectivity index is 1.33. The number of piperidine rings is 2. The monoisotopic (exact) mass is 524 g/mol. The lowest BCUT2D eigenvalue weighted by atomic mass is 9.69. The minimum atomic E-state index is -0.190. The van der Waals surface area contributed by atoms with Gasteiger partial charge in [0.1, 0.15) is 17.5 Å². The van der Waals surface area contributed by atoms with Crippen LogP contribution >= 0.6 is 12.2 Å². The van der Waals surface area contributed by atoms with Gasteiger partial charge in [-0.1, -0.05) is 31.4 Å². The van der Waals surface area contributed by atoms with Crippen LogP contribution in [0.15, 0.2) is 30.3 Å². The van der Waals surface area contributed by atoms with Gasteiger partial charge < -0.3 is 20.4 Å². The molecule has 1 saturated carbocycles. The minimum Gasteiger partial charge on any atom is -0.361 e. The fourth-order valence-electron chi connectivity index (χ4n) is 6.34. The third-order valence-electron chi connectivity index (χ3n) is 8.56. The molecule has 3 aliphatic rings. The molecule has 3 fully saturated rings. The number of rotatable bonds is 6. The van der Waals surface area contributed by atoms with E-state index in [1.165, 1.54) is 63.4 Å². The molecule has 0 radical (unpaired) electrons. The number of benzene rings is 1. The van der Waals surface area contributed by atoms with Crippen LogP contribution in [-0.2, 0) is 5.41 Å². The fourth-order valence-corrected chi connectivity index (χ4v) is 6.51. The number of aromatic nitrogens is 2. The Morgan fingerprint density at radius 2 is 1.62 bits per heavy atom. The molecule has 37 heavy (non-hydrogen) atoms. The van der Waals surface area contributed by atoms with Gasteiger partial charge in [0.25, 0.3) is 0 Å². The van der Waals surface area contributed by atoms with Gasteiger partial charge in [-0.15, -0.1) is 0 Å². The van der Waals surface area contributed by atoms with Crippen molar-refractivity contribution in [2.45, 2.75) is 89.0 Å². The zero-order valence-corrected chi connectivity index (χ0v) is 23.0. The Kier molecular flexibility index (Phi) is 8.43. The fraction of sp³-hybridized carbons (Fsp3) is 0.621. The molecule has 2 aromatic rings. The van der Waals surface area contributed by atoms with Gasteiger partial charge in [0.05, 0.1) is 0 Å². The molecule has 0 bridgehead atoms. The van der Waals surface area contributed by atoms with Crippen LogP contribution in [0.3, 0.4) is 0 Å². The number of hydrogen-bond donors (Lipinski definition) is 2. The van der Waals surface area contributed by atoms with E-state index in [9.17, 15) is 4.39 Å². The molecule has 3 heterocycles. The average Bonchev–Trinajstić information content (AvgIpc) is 2.93. The van der Waals surface area contributed by atoms with Crippen molar-refractivity contribution in [2.24, 2.45) is 0 Å². The van der Waals surface area contributed by atoms with Gasteiger partial charge >= 0.3 is 0 Å². The largest absolute Gasteiger partial charge is 0.361 e. The molecule has 2 saturated heterocycles. The number of hydrogen-bond acceptors (Lipinski definition) is 5. The molecule has 5 rings (SSSR count). The summed E-state index contributed by atoms with van der Waals surface area (Å²) in [6.07, 6.45) is 13.1. The molecule has 1 aromatic heterocycles. The molecule has 6 nitrogen and oxygen atoms in total. The van der Waals surface area contributed by atoms with Crippen molar-refractivity contribution in [1.29, 1.82) is 0 Å². The van der Waals surface area contributed by atoms with Crippen LogP contribution in [0.4, 0.5) is 22.0 Å². The quantitative estimate of drug-likeness (QED) is 0.438. The zero-order valence-electron chi connectivity index (χ0n) is 22.1. The second-order valence-corrected chi connectivity index (χ2v) is 11.6. The van der Waals surface area contributed by atoms with Gasteiger partial charge in [-0.25, -0.2) is 4.39 Å². The second kappa shape index (κ2) is 11.9. The molecule has 2 aliphatic heterocycles. The topological polar surface area (TPSA) is 56.3 Å². The summed E-state index contributed by atoms with van der Waals surface area (Å²) in [5.74, 6) is 2.35. The summed E-state index contributed by atoms with van der Waals surface area (Å²) in [5, 5.41) is 7.34. The van der Waals surface area contributed by atoms with Gasteiger partial charge in [0.2, 0.25) is 5.95 Å². The van der Waals surface area contributed by atoms with E-state index < -0.39 is 0 Å². The molecule has 1 aromatic carbocycles. The Labute approximate surface area is 226 Å². The van der Waals surface area contributed by atoms with E-state index in [0.29, 0.717) is 23.6 Å². The zero-order chi connectivity index (χ0) is 25.7. The van der Waals surface area contributed by atoms with Gasteiger partial charge in [-0.3, -0.25) is 0 Å². The van der Waals surface area contributed by atoms with Crippen molar-refractivity contribution in [3.05, 3.63) is 41.7 Å². The predicted octanol–water partition coefficient (Wildman–Crippen LogP) is 6.17. The van der Waals surface area contributed by atoms with E-state index >= 15 is 0 Å². The SMILES string of the molecule is C[C@H]1CCCCN1c1cc(N2CCCCC2)nc(NC(=S)NCC2(c3ccc(F)cc3)CCCCC2)n1. The summed E-state index contributed by atoms with van der Waals surface area (Å²) in [7, 11) is 0. The van der Waals surface area contributed by atoms with E-state index in [1.807, 2.05) is 12.1 Å². The number of halogens is 1. The third kappa shape index (κ3) is 6.33. The summed E-state index contributed by atoms with van der Waals surface area (Å²) in [5.41, 5.74) is 1.15. The highest BCUT2D eigenvalue weighted by Gasteiger charge is 2.34. The van der Waals surface area contributed by atoms with Crippen molar-refractivity contribution in [1.82, 2.24) is 15.3 Å². The third-order valence-corrected chi connectivity index (χ3v) is 8.80. The average molecular weight is 525 g/mol. The standard InChI is InChI=1S/C29H41FN6S/c1-22-10-4-9-19-36(22)26-20-25(35-17-7-3-8-18-35)32-27(33-26)34-28(37)31-21-29(15-5-2-6-16-29)23-11-13-24(30)14-12-23/h11-14,20,22H,2-10,15-19,21H2,1H3,(H2,31,32,33,34,37)/t22-/m0/s1. The summed E-state index contributed by atoms with van der Waals surface area (Å²) < 4.78 is 13.6. The lowest BCUT2D eigenvalue weighted by molar-refractivity contribution is 0.292. The van der Waals surface area contributed by atoms with Gasteiger partial charge in [0.15, 0.2) is 5.11 Å². The van der Waals surface area contributed by atoms with Crippen LogP contribution in [0.1, 0.15) is 83.1 Å². The number of thiocarbonyl (C=S) groups is 1. The summed E-state index contributed by atoms with van der Waals surface area (Å²) in [6, 6.07) is 9.67. The van der Waals surface area contributed by atoms with Crippen LogP contribution in [-0.4, -0.2) is 47.3 Å². The summed E-state index contributed by atoms with van der Waals surface area (Å²) in [4.78, 5) is 14.6. The van der Waals surface area contributed by atoms with E-state index in [1.54, 1.807) is 12.1 Å². The van der Waals surface area contributed by atoms with Crippen molar-refractivity contribution < 1.29 is 4.39 Å². The first-order valence-corrected chi connectivity index (χ1v) is 14.6. The Hall–Kier alpha value is -2.48. The molecule has 0 unspecified atom stereocenters. The molecule has 0 spiro atoms. The van der Waals surface area contributed by atoms with Crippen LogP contribution in [0.25, 0.3) is 0 Å². The Morgan fingerprint density at radius 1 is 0.946 bits per heavy atom. The molecule has 1 atom stereocenters. The maximum absolute atomic E-state index is 13.6. The number of nitrogens with one attached hydrogen (secondary N) is 2. The molecule has 2 N–H and O–H groups in total.